The molecule has 11 heteroatoms. The van der Waals surface area contributed by atoms with E-state index in [4.69, 9.17) is 4.74 Å². The van der Waals surface area contributed by atoms with Gasteiger partial charge in [-0.05, 0) is 53.8 Å². The maximum Gasteiger partial charge on any atom is 0.337 e. The number of nitrogens with one attached hydrogen (secondary N) is 1. The Balaban J connectivity index is 1.36. The molecular formula is C33H28N2O8S. The quantitative estimate of drug-likeness (QED) is 0.224. The van der Waals surface area contributed by atoms with Crippen LogP contribution in [0.1, 0.15) is 65.8 Å². The Kier molecular flexibility index (Phi) is 7.46. The first-order valence-corrected chi connectivity index (χ1v) is 15.4. The Morgan fingerprint density at radius 3 is 2.16 bits per heavy atom. The highest BCUT2D eigenvalue weighted by molar-refractivity contribution is 7.98. The number of carboxylic acid groups (broad SMARTS) is 1. The molecule has 2 amide bonds. The molecule has 0 radical (unpaired) electrons. The van der Waals surface area contributed by atoms with Crippen molar-refractivity contribution in [1.82, 2.24) is 10.2 Å². The number of carbonyl (C=O) groups excluding carboxylic acids is 5. The molecule has 44 heavy (non-hydrogen) atoms. The van der Waals surface area contributed by atoms with Gasteiger partial charge in [0.15, 0.2) is 11.6 Å². The molecule has 0 saturated carbocycles. The monoisotopic (exact) mass is 612 g/mol. The van der Waals surface area contributed by atoms with E-state index in [1.54, 1.807) is 42.5 Å². The Morgan fingerprint density at radius 2 is 1.55 bits per heavy atom. The zero-order valence-electron chi connectivity index (χ0n) is 23.9. The Hall–Kier alpha value is -4.61. The van der Waals surface area contributed by atoms with Crippen molar-refractivity contribution in [2.75, 3.05) is 19.1 Å². The molecule has 224 valence electrons. The number of esters is 1. The molecule has 10 nitrogen and oxygen atoms in total. The highest BCUT2D eigenvalue weighted by atomic mass is 32.2. The van der Waals surface area contributed by atoms with Gasteiger partial charge in [0.1, 0.15) is 5.54 Å². The van der Waals surface area contributed by atoms with Gasteiger partial charge in [-0.1, -0.05) is 42.5 Å². The first-order valence-electron chi connectivity index (χ1n) is 14.0. The molecule has 2 fully saturated rings. The number of hydrogen-bond acceptors (Lipinski definition) is 9. The van der Waals surface area contributed by atoms with Crippen molar-refractivity contribution in [3.63, 3.8) is 0 Å². The Morgan fingerprint density at radius 1 is 0.909 bits per heavy atom. The van der Waals surface area contributed by atoms with Crippen molar-refractivity contribution in [3.05, 3.63) is 106 Å². The first-order chi connectivity index (χ1) is 21.1. The summed E-state index contributed by atoms with van der Waals surface area (Å²) in [6.45, 7) is -0.187. The zero-order valence-corrected chi connectivity index (χ0v) is 24.7. The maximum absolute atomic E-state index is 14.0. The molecule has 0 aromatic heterocycles. The molecular weight excluding hydrogens is 584 g/mol. The number of aliphatic carboxylic acids is 1. The minimum Gasteiger partial charge on any atom is -0.480 e. The molecule has 6 rings (SSSR count). The molecule has 3 aliphatic rings. The number of methoxy groups -OCH3 is 1. The number of hydrogen-bond donors (Lipinski definition) is 2. The summed E-state index contributed by atoms with van der Waals surface area (Å²) in [5.41, 5.74) is 0.647. The molecule has 0 bridgehead atoms. The second-order valence-electron chi connectivity index (χ2n) is 11.1. The fraction of sp³-hybridized carbons (Fsp3) is 0.273. The van der Waals surface area contributed by atoms with E-state index in [9.17, 15) is 33.9 Å². The van der Waals surface area contributed by atoms with Gasteiger partial charge >= 0.3 is 11.9 Å². The smallest absolute Gasteiger partial charge is 0.337 e. The van der Waals surface area contributed by atoms with Gasteiger partial charge in [0.25, 0.3) is 0 Å². The topological polar surface area (TPSA) is 147 Å². The number of imide groups is 1. The standard InChI is InChI=1S/C33H28N2O8S/c1-43-31(40)19-10-8-18(9-11-19)26-24-25(33(34-26,32(41)42)13-14-44-2)30(39)35(29(24)38)16-17-7-12-22-23(15-17)28(37)21-6-4-3-5-20(21)27(22)36/h3-12,15,24-26,34H,13-14,16H2,1-2H3,(H,41,42). The number of carboxylic acids is 1. The fourth-order valence-corrected chi connectivity index (χ4v) is 7.20. The number of likely N-dealkylation sites (tertiary alicyclic amines) is 1. The van der Waals surface area contributed by atoms with Gasteiger partial charge in [0.05, 0.1) is 31.1 Å². The summed E-state index contributed by atoms with van der Waals surface area (Å²) >= 11 is 1.43. The summed E-state index contributed by atoms with van der Waals surface area (Å²) < 4.78 is 4.77. The van der Waals surface area contributed by atoms with Gasteiger partial charge in [0, 0.05) is 28.3 Å². The highest BCUT2D eigenvalue weighted by Crippen LogP contribution is 2.50. The van der Waals surface area contributed by atoms with Crippen LogP contribution < -0.4 is 5.32 Å². The van der Waals surface area contributed by atoms with Crippen molar-refractivity contribution in [2.45, 2.75) is 24.5 Å². The van der Waals surface area contributed by atoms with Crippen LogP contribution in [0, 0.1) is 11.8 Å². The van der Waals surface area contributed by atoms with Crippen LogP contribution in [0.5, 0.6) is 0 Å². The third kappa shape index (κ3) is 4.46. The lowest BCUT2D eigenvalue weighted by Gasteiger charge is -2.31. The van der Waals surface area contributed by atoms with Crippen LogP contribution in [0.25, 0.3) is 0 Å². The van der Waals surface area contributed by atoms with Gasteiger partial charge < -0.3 is 9.84 Å². The predicted octanol–water partition coefficient (Wildman–Crippen LogP) is 3.27. The molecule has 4 atom stereocenters. The fourth-order valence-electron chi connectivity index (χ4n) is 6.67. The van der Waals surface area contributed by atoms with Crippen LogP contribution in [-0.2, 0) is 25.7 Å². The van der Waals surface area contributed by atoms with E-state index in [1.807, 2.05) is 6.26 Å². The summed E-state index contributed by atoms with van der Waals surface area (Å²) in [4.78, 5) is 80.3. The maximum atomic E-state index is 14.0. The number of ketones is 2. The number of carbonyl (C=O) groups is 6. The zero-order chi connectivity index (χ0) is 31.3. The van der Waals surface area contributed by atoms with Crippen LogP contribution >= 0.6 is 11.8 Å². The van der Waals surface area contributed by atoms with Gasteiger partial charge in [-0.15, -0.1) is 0 Å². The molecule has 4 unspecified atom stereocenters. The average Bonchev–Trinajstić information content (AvgIpc) is 3.52. The number of rotatable bonds is 8. The number of fused-ring (bicyclic) bond motifs is 3. The van der Waals surface area contributed by atoms with Crippen molar-refractivity contribution in [1.29, 1.82) is 0 Å². The summed E-state index contributed by atoms with van der Waals surface area (Å²) in [6.07, 6.45) is 1.93. The van der Waals surface area contributed by atoms with Crippen LogP contribution in [0.4, 0.5) is 0 Å². The molecule has 1 aliphatic carbocycles. The largest absolute Gasteiger partial charge is 0.480 e. The van der Waals surface area contributed by atoms with E-state index in [-0.39, 0.29) is 46.8 Å². The van der Waals surface area contributed by atoms with Crippen LogP contribution in [-0.4, -0.2) is 70.0 Å². The van der Waals surface area contributed by atoms with Gasteiger partial charge in [0.2, 0.25) is 11.8 Å². The second-order valence-corrected chi connectivity index (χ2v) is 12.1. The SMILES string of the molecule is COC(=O)c1ccc(C2NC(CCSC)(C(=O)O)C3C(=O)N(Cc4ccc5c(c4)C(=O)c4ccccc4C5=O)C(=O)C23)cc1. The van der Waals surface area contributed by atoms with E-state index in [0.717, 1.165) is 4.90 Å². The third-order valence-electron chi connectivity index (χ3n) is 8.85. The lowest BCUT2D eigenvalue weighted by molar-refractivity contribution is -0.151. The van der Waals surface area contributed by atoms with E-state index in [1.165, 1.54) is 43.1 Å². The molecule has 2 aliphatic heterocycles. The molecule has 0 spiro atoms. The lowest BCUT2D eigenvalue weighted by Crippen LogP contribution is -2.56. The van der Waals surface area contributed by atoms with E-state index in [0.29, 0.717) is 22.4 Å². The van der Waals surface area contributed by atoms with Gasteiger partial charge in [-0.25, -0.2) is 4.79 Å². The van der Waals surface area contributed by atoms with Crippen molar-refractivity contribution < 1.29 is 38.6 Å². The minimum atomic E-state index is -1.71. The Bertz CT molecular complexity index is 1750. The van der Waals surface area contributed by atoms with Crippen molar-refractivity contribution in [2.24, 2.45) is 11.8 Å². The van der Waals surface area contributed by atoms with Gasteiger partial charge in [-0.3, -0.25) is 34.2 Å². The summed E-state index contributed by atoms with van der Waals surface area (Å²) in [5.74, 6) is -5.29. The molecule has 2 heterocycles. The number of amides is 2. The number of ether oxygens (including phenoxy) is 1. The first kappa shape index (κ1) is 29.5. The van der Waals surface area contributed by atoms with E-state index in [2.05, 4.69) is 5.32 Å². The normalized spacial score (nSPS) is 23.8. The average molecular weight is 613 g/mol. The predicted molar refractivity (Wildman–Crippen MR) is 159 cm³/mol. The lowest BCUT2D eigenvalue weighted by atomic mass is 9.78. The van der Waals surface area contributed by atoms with Gasteiger partial charge in [-0.2, -0.15) is 11.8 Å². The molecule has 2 saturated heterocycles. The van der Waals surface area contributed by atoms with Crippen LogP contribution in [0.15, 0.2) is 66.7 Å². The Labute approximate surface area is 256 Å². The number of nitrogens with zero attached hydrogens (tertiary/aromatic N) is 1. The summed E-state index contributed by atoms with van der Waals surface area (Å²) in [5, 5.41) is 13.7. The van der Waals surface area contributed by atoms with E-state index < -0.39 is 47.2 Å². The molecule has 2 N–H and O–H groups in total. The third-order valence-corrected chi connectivity index (χ3v) is 9.46. The van der Waals surface area contributed by atoms with Crippen LogP contribution in [0.2, 0.25) is 0 Å². The summed E-state index contributed by atoms with van der Waals surface area (Å²) in [7, 11) is 1.26. The van der Waals surface area contributed by atoms with Crippen molar-refractivity contribution in [3.8, 4) is 0 Å². The molecule has 3 aromatic rings. The van der Waals surface area contributed by atoms with Crippen molar-refractivity contribution >= 4 is 47.1 Å². The number of thioether (sulfide) groups is 1. The molecule has 3 aromatic carbocycles. The van der Waals surface area contributed by atoms with Crippen LogP contribution in [0.3, 0.4) is 0 Å². The van der Waals surface area contributed by atoms with E-state index >= 15 is 0 Å². The second kappa shape index (κ2) is 11.1. The summed E-state index contributed by atoms with van der Waals surface area (Å²) in [6, 6.07) is 16.7. The highest BCUT2D eigenvalue weighted by Gasteiger charge is 2.68. The number of benzene rings is 3. The minimum absolute atomic E-state index is 0.100.